The van der Waals surface area contributed by atoms with Crippen molar-refractivity contribution >= 4 is 11.9 Å². The minimum Gasteiger partial charge on any atom is -0.365 e. The predicted molar refractivity (Wildman–Crippen MR) is 89.8 cm³/mol. The molecule has 0 saturated heterocycles. The zero-order valence-corrected chi connectivity index (χ0v) is 14.3. The average molecular weight is 330 g/mol. The fraction of sp³-hybridized carbons (Fsp3) is 0.722. The van der Waals surface area contributed by atoms with Gasteiger partial charge in [0.2, 0.25) is 11.8 Å². The highest BCUT2D eigenvalue weighted by Crippen LogP contribution is 2.62. The number of hydrogen-bond acceptors (Lipinski definition) is 5. The maximum absolute atomic E-state index is 12.3. The van der Waals surface area contributed by atoms with Gasteiger partial charge in [-0.2, -0.15) is 4.98 Å². The SMILES string of the molecule is CC(=CC(=O)NCCc1nc(N)no1)C12CC3CC(CC(C3)C1)C2. The molecule has 0 aromatic carbocycles. The van der Waals surface area contributed by atoms with Crippen LogP contribution < -0.4 is 11.1 Å². The number of carbonyl (C=O) groups excluding carboxylic acids is 1. The van der Waals surface area contributed by atoms with E-state index in [0.717, 1.165) is 17.8 Å². The van der Waals surface area contributed by atoms with Gasteiger partial charge in [0.1, 0.15) is 0 Å². The number of allylic oxidation sites excluding steroid dienone is 1. The topological polar surface area (TPSA) is 94.0 Å². The number of hydrogen-bond donors (Lipinski definition) is 2. The van der Waals surface area contributed by atoms with E-state index in [9.17, 15) is 4.79 Å². The summed E-state index contributed by atoms with van der Waals surface area (Å²) in [7, 11) is 0. The van der Waals surface area contributed by atoms with Crippen LogP contribution >= 0.6 is 0 Å². The van der Waals surface area contributed by atoms with E-state index >= 15 is 0 Å². The van der Waals surface area contributed by atoms with E-state index in [1.165, 1.54) is 44.1 Å². The minimum atomic E-state index is -0.0178. The van der Waals surface area contributed by atoms with Crippen molar-refractivity contribution in [2.24, 2.45) is 23.2 Å². The molecule has 0 unspecified atom stereocenters. The Morgan fingerprint density at radius 3 is 2.46 bits per heavy atom. The second-order valence-corrected chi connectivity index (χ2v) is 8.11. The van der Waals surface area contributed by atoms with E-state index in [-0.39, 0.29) is 11.9 Å². The second-order valence-electron chi connectivity index (χ2n) is 8.11. The van der Waals surface area contributed by atoms with Crippen LogP contribution in [0.2, 0.25) is 0 Å². The van der Waals surface area contributed by atoms with Crippen LogP contribution in [0.15, 0.2) is 16.2 Å². The molecule has 1 aromatic heterocycles. The van der Waals surface area contributed by atoms with Crippen molar-refractivity contribution in [3.8, 4) is 0 Å². The number of amides is 1. The molecule has 3 N–H and O–H groups in total. The molecule has 5 rings (SSSR count). The van der Waals surface area contributed by atoms with Crippen LogP contribution in [0.25, 0.3) is 0 Å². The molecular weight excluding hydrogens is 304 g/mol. The summed E-state index contributed by atoms with van der Waals surface area (Å²) in [5, 5.41) is 6.46. The Bertz CT molecular complexity index is 628. The molecule has 0 atom stereocenters. The van der Waals surface area contributed by atoms with Gasteiger partial charge in [0.15, 0.2) is 0 Å². The highest BCUT2D eigenvalue weighted by atomic mass is 16.5. The summed E-state index contributed by atoms with van der Waals surface area (Å²) in [6.07, 6.45) is 10.5. The molecule has 24 heavy (non-hydrogen) atoms. The molecule has 130 valence electrons. The summed E-state index contributed by atoms with van der Waals surface area (Å²) in [6.45, 7) is 2.64. The third-order valence-corrected chi connectivity index (χ3v) is 6.34. The first kappa shape index (κ1) is 15.7. The standard InChI is InChI=1S/C18H26N4O2/c1-11(4-15(23)20-3-2-16-21-17(19)22-24-16)18-8-12-5-13(9-18)7-14(6-12)10-18/h4,12-14H,2-3,5-10H2,1H3,(H2,19,22)(H,20,23). The number of carbonyl (C=O) groups is 1. The average Bonchev–Trinajstić information content (AvgIpc) is 2.91. The fourth-order valence-electron chi connectivity index (χ4n) is 5.66. The molecule has 4 aliphatic rings. The first-order chi connectivity index (χ1) is 11.5. The summed E-state index contributed by atoms with van der Waals surface area (Å²) in [5.74, 6) is 3.25. The number of nitrogen functional groups attached to an aromatic ring is 1. The van der Waals surface area contributed by atoms with E-state index in [1.807, 2.05) is 6.08 Å². The van der Waals surface area contributed by atoms with Crippen molar-refractivity contribution in [2.45, 2.75) is 51.9 Å². The molecule has 4 fully saturated rings. The van der Waals surface area contributed by atoms with Gasteiger partial charge in [-0.25, -0.2) is 0 Å². The fourth-order valence-corrected chi connectivity index (χ4v) is 5.66. The first-order valence-corrected chi connectivity index (χ1v) is 9.07. The van der Waals surface area contributed by atoms with Gasteiger partial charge < -0.3 is 15.6 Å². The van der Waals surface area contributed by atoms with Gasteiger partial charge in [0.05, 0.1) is 0 Å². The maximum atomic E-state index is 12.3. The van der Waals surface area contributed by atoms with E-state index in [2.05, 4.69) is 22.4 Å². The number of nitrogens with one attached hydrogen (secondary N) is 1. The van der Waals surface area contributed by atoms with Crippen molar-refractivity contribution in [3.05, 3.63) is 17.5 Å². The Hall–Kier alpha value is -1.85. The number of nitrogens with two attached hydrogens (primary N) is 1. The Labute approximate surface area is 142 Å². The van der Waals surface area contributed by atoms with Crippen LogP contribution in [-0.4, -0.2) is 22.6 Å². The molecule has 1 heterocycles. The van der Waals surface area contributed by atoms with Gasteiger partial charge in [0.25, 0.3) is 5.95 Å². The van der Waals surface area contributed by atoms with Crippen LogP contribution in [0.1, 0.15) is 51.3 Å². The number of nitrogens with zero attached hydrogens (tertiary/aromatic N) is 2. The lowest BCUT2D eigenvalue weighted by atomic mass is 9.48. The Morgan fingerprint density at radius 2 is 1.92 bits per heavy atom. The maximum Gasteiger partial charge on any atom is 0.260 e. The molecule has 6 heteroatoms. The zero-order chi connectivity index (χ0) is 16.7. The summed E-state index contributed by atoms with van der Waals surface area (Å²) < 4.78 is 4.94. The van der Waals surface area contributed by atoms with Crippen molar-refractivity contribution in [2.75, 3.05) is 12.3 Å². The molecular formula is C18H26N4O2. The van der Waals surface area contributed by atoms with Crippen molar-refractivity contribution in [3.63, 3.8) is 0 Å². The quantitative estimate of drug-likeness (QED) is 0.809. The summed E-state index contributed by atoms with van der Waals surface area (Å²) in [6, 6.07) is 0. The molecule has 0 spiro atoms. The Morgan fingerprint density at radius 1 is 1.29 bits per heavy atom. The molecule has 4 aliphatic carbocycles. The van der Waals surface area contributed by atoms with Crippen molar-refractivity contribution in [1.29, 1.82) is 0 Å². The first-order valence-electron chi connectivity index (χ1n) is 9.07. The molecule has 1 amide bonds. The van der Waals surface area contributed by atoms with E-state index < -0.39 is 0 Å². The summed E-state index contributed by atoms with van der Waals surface area (Å²) in [5.41, 5.74) is 6.98. The van der Waals surface area contributed by atoms with Crippen LogP contribution in [0.4, 0.5) is 5.95 Å². The van der Waals surface area contributed by atoms with Crippen LogP contribution in [0, 0.1) is 23.2 Å². The van der Waals surface area contributed by atoms with Gasteiger partial charge in [-0.15, -0.1) is 0 Å². The predicted octanol–water partition coefficient (Wildman–Crippen LogP) is 2.47. The van der Waals surface area contributed by atoms with Gasteiger partial charge in [0, 0.05) is 19.0 Å². The molecule has 0 radical (unpaired) electrons. The minimum absolute atomic E-state index is 0.0178. The monoisotopic (exact) mass is 330 g/mol. The molecule has 4 saturated carbocycles. The highest BCUT2D eigenvalue weighted by Gasteiger charge is 2.51. The highest BCUT2D eigenvalue weighted by molar-refractivity contribution is 5.88. The van der Waals surface area contributed by atoms with E-state index in [1.54, 1.807) is 0 Å². The van der Waals surface area contributed by atoms with Gasteiger partial charge in [-0.1, -0.05) is 5.57 Å². The number of aromatic nitrogens is 2. The van der Waals surface area contributed by atoms with Crippen molar-refractivity contribution in [1.82, 2.24) is 15.5 Å². The largest absolute Gasteiger partial charge is 0.365 e. The lowest BCUT2D eigenvalue weighted by Crippen LogP contribution is -2.46. The Kier molecular flexibility index (Phi) is 3.85. The summed E-state index contributed by atoms with van der Waals surface area (Å²) in [4.78, 5) is 16.2. The zero-order valence-electron chi connectivity index (χ0n) is 14.3. The van der Waals surface area contributed by atoms with Crippen LogP contribution in [0.3, 0.4) is 0 Å². The van der Waals surface area contributed by atoms with Crippen LogP contribution in [0.5, 0.6) is 0 Å². The third kappa shape index (κ3) is 2.94. The van der Waals surface area contributed by atoms with E-state index in [4.69, 9.17) is 10.3 Å². The number of anilines is 1. The molecule has 0 aliphatic heterocycles. The lowest BCUT2D eigenvalue weighted by Gasteiger charge is -2.57. The smallest absolute Gasteiger partial charge is 0.260 e. The van der Waals surface area contributed by atoms with Gasteiger partial charge >= 0.3 is 0 Å². The normalized spacial score (nSPS) is 34.5. The molecule has 6 nitrogen and oxygen atoms in total. The molecule has 4 bridgehead atoms. The van der Waals surface area contributed by atoms with Crippen LogP contribution in [-0.2, 0) is 11.2 Å². The third-order valence-electron chi connectivity index (χ3n) is 6.34. The van der Waals surface area contributed by atoms with E-state index in [0.29, 0.717) is 24.3 Å². The molecule has 1 aromatic rings. The second kappa shape index (κ2) is 5.90. The van der Waals surface area contributed by atoms with Gasteiger partial charge in [-0.3, -0.25) is 4.79 Å². The number of rotatable bonds is 5. The lowest BCUT2D eigenvalue weighted by molar-refractivity contribution is -0.116. The van der Waals surface area contributed by atoms with Gasteiger partial charge in [-0.05, 0) is 73.8 Å². The van der Waals surface area contributed by atoms with Crippen molar-refractivity contribution < 1.29 is 9.32 Å². The summed E-state index contributed by atoms with van der Waals surface area (Å²) >= 11 is 0. The Balaban J connectivity index is 1.35.